The molecular formula is C7H8O3. The van der Waals surface area contributed by atoms with Crippen LogP contribution >= 0.6 is 0 Å². The normalized spacial score (nSPS) is 43.7. The van der Waals surface area contributed by atoms with Crippen LogP contribution in [0.3, 0.4) is 0 Å². The van der Waals surface area contributed by atoms with Gasteiger partial charge in [-0.2, -0.15) is 0 Å². The van der Waals surface area contributed by atoms with Gasteiger partial charge in [0.2, 0.25) is 0 Å². The Balaban J connectivity index is 2.22. The van der Waals surface area contributed by atoms with Gasteiger partial charge < -0.3 is 9.84 Å². The van der Waals surface area contributed by atoms with Crippen LogP contribution in [0.4, 0.5) is 0 Å². The van der Waals surface area contributed by atoms with Crippen molar-refractivity contribution in [1.82, 2.24) is 0 Å². The first-order valence-electron chi connectivity index (χ1n) is 3.34. The van der Waals surface area contributed by atoms with Crippen LogP contribution in [-0.4, -0.2) is 23.3 Å². The van der Waals surface area contributed by atoms with Crippen LogP contribution in [0.15, 0.2) is 12.2 Å². The lowest BCUT2D eigenvalue weighted by molar-refractivity contribution is -0.146. The third-order valence-corrected chi connectivity index (χ3v) is 2.06. The standard InChI is InChI=1S/C7H8O3/c8-6-4-2-1-3-5(4)10-7(6)9/h1,3-6,8H,2H2/t4-,5-,6+/m0/s1. The summed E-state index contributed by atoms with van der Waals surface area (Å²) in [6.07, 6.45) is 3.49. The summed E-state index contributed by atoms with van der Waals surface area (Å²) in [4.78, 5) is 10.7. The fourth-order valence-corrected chi connectivity index (χ4v) is 1.46. The van der Waals surface area contributed by atoms with E-state index in [1.54, 1.807) is 0 Å². The molecule has 0 bridgehead atoms. The molecule has 1 aliphatic heterocycles. The van der Waals surface area contributed by atoms with Crippen molar-refractivity contribution < 1.29 is 14.6 Å². The number of carbonyl (C=O) groups excluding carboxylic acids is 1. The number of esters is 1. The third-order valence-electron chi connectivity index (χ3n) is 2.06. The fraction of sp³-hybridized carbons (Fsp3) is 0.571. The molecule has 0 saturated carbocycles. The number of hydrogen-bond donors (Lipinski definition) is 1. The first-order valence-corrected chi connectivity index (χ1v) is 3.34. The number of rotatable bonds is 0. The molecule has 1 heterocycles. The second-order valence-electron chi connectivity index (χ2n) is 2.67. The summed E-state index contributed by atoms with van der Waals surface area (Å²) < 4.78 is 4.82. The Hall–Kier alpha value is -0.830. The van der Waals surface area contributed by atoms with E-state index in [0.29, 0.717) is 0 Å². The van der Waals surface area contributed by atoms with Crippen LogP contribution in [0.2, 0.25) is 0 Å². The average Bonchev–Trinajstić information content (AvgIpc) is 2.41. The second kappa shape index (κ2) is 1.83. The molecule has 0 amide bonds. The van der Waals surface area contributed by atoms with E-state index in [1.807, 2.05) is 12.2 Å². The molecule has 3 heteroatoms. The minimum Gasteiger partial charge on any atom is -0.456 e. The van der Waals surface area contributed by atoms with E-state index >= 15 is 0 Å². The maximum absolute atomic E-state index is 10.7. The predicted octanol–water partition coefficient (Wildman–Crippen LogP) is -0.151. The van der Waals surface area contributed by atoms with E-state index in [4.69, 9.17) is 9.84 Å². The van der Waals surface area contributed by atoms with Crippen molar-refractivity contribution in [2.24, 2.45) is 5.92 Å². The van der Waals surface area contributed by atoms with Gasteiger partial charge in [-0.3, -0.25) is 0 Å². The number of aliphatic hydroxyl groups excluding tert-OH is 1. The van der Waals surface area contributed by atoms with Crippen molar-refractivity contribution >= 4 is 5.97 Å². The minimum absolute atomic E-state index is 0.00694. The molecule has 1 saturated heterocycles. The van der Waals surface area contributed by atoms with Crippen molar-refractivity contribution in [3.8, 4) is 0 Å². The predicted molar refractivity (Wildman–Crippen MR) is 33.1 cm³/mol. The topological polar surface area (TPSA) is 46.5 Å². The smallest absolute Gasteiger partial charge is 0.336 e. The van der Waals surface area contributed by atoms with Crippen molar-refractivity contribution in [2.75, 3.05) is 0 Å². The van der Waals surface area contributed by atoms with Gasteiger partial charge in [0.15, 0.2) is 6.10 Å². The van der Waals surface area contributed by atoms with Gasteiger partial charge in [-0.1, -0.05) is 6.08 Å². The monoisotopic (exact) mass is 140 g/mol. The Bertz CT molecular complexity index is 197. The van der Waals surface area contributed by atoms with Crippen molar-refractivity contribution in [3.05, 3.63) is 12.2 Å². The first-order chi connectivity index (χ1) is 4.79. The quantitative estimate of drug-likeness (QED) is 0.376. The molecule has 0 radical (unpaired) electrons. The van der Waals surface area contributed by atoms with Crippen molar-refractivity contribution in [3.63, 3.8) is 0 Å². The van der Waals surface area contributed by atoms with E-state index in [-0.39, 0.29) is 12.0 Å². The van der Waals surface area contributed by atoms with Gasteiger partial charge in [0.05, 0.1) is 0 Å². The summed E-state index contributed by atoms with van der Waals surface area (Å²) in [5, 5.41) is 9.15. The Morgan fingerprint density at radius 2 is 2.50 bits per heavy atom. The molecule has 2 aliphatic rings. The zero-order valence-corrected chi connectivity index (χ0v) is 5.36. The van der Waals surface area contributed by atoms with E-state index in [9.17, 15) is 4.79 Å². The summed E-state index contributed by atoms with van der Waals surface area (Å²) in [5.74, 6) is -0.480. The molecule has 1 N–H and O–H groups in total. The van der Waals surface area contributed by atoms with Gasteiger partial charge in [-0.15, -0.1) is 0 Å². The second-order valence-corrected chi connectivity index (χ2v) is 2.67. The van der Waals surface area contributed by atoms with Gasteiger partial charge >= 0.3 is 5.97 Å². The Kier molecular flexibility index (Phi) is 1.08. The third kappa shape index (κ3) is 0.609. The van der Waals surface area contributed by atoms with Gasteiger partial charge in [0, 0.05) is 5.92 Å². The fourth-order valence-electron chi connectivity index (χ4n) is 1.46. The average molecular weight is 140 g/mol. The summed E-state index contributed by atoms with van der Waals surface area (Å²) in [6.45, 7) is 0. The molecule has 0 aromatic heterocycles. The lowest BCUT2D eigenvalue weighted by Gasteiger charge is -2.05. The number of carbonyl (C=O) groups is 1. The van der Waals surface area contributed by atoms with Crippen LogP contribution in [0.5, 0.6) is 0 Å². The summed E-state index contributed by atoms with van der Waals surface area (Å²) in [6, 6.07) is 0. The van der Waals surface area contributed by atoms with E-state index in [1.165, 1.54) is 0 Å². The van der Waals surface area contributed by atoms with E-state index < -0.39 is 12.1 Å². The molecule has 0 aromatic carbocycles. The highest BCUT2D eigenvalue weighted by Crippen LogP contribution is 2.31. The first kappa shape index (κ1) is 5.92. The van der Waals surface area contributed by atoms with Crippen molar-refractivity contribution in [2.45, 2.75) is 18.6 Å². The van der Waals surface area contributed by atoms with Crippen LogP contribution in [0.25, 0.3) is 0 Å². The van der Waals surface area contributed by atoms with Crippen LogP contribution < -0.4 is 0 Å². The zero-order chi connectivity index (χ0) is 7.14. The molecule has 0 aromatic rings. The number of ether oxygens (including phenoxy) is 1. The van der Waals surface area contributed by atoms with Crippen LogP contribution in [0, 0.1) is 5.92 Å². The SMILES string of the molecule is O=C1O[C@H]2C=CC[C@@H]2[C@H]1O. The van der Waals surface area contributed by atoms with E-state index in [2.05, 4.69) is 0 Å². The summed E-state index contributed by atoms with van der Waals surface area (Å²) in [7, 11) is 0. The maximum atomic E-state index is 10.7. The van der Waals surface area contributed by atoms with Gasteiger partial charge in [-0.05, 0) is 12.5 Å². The van der Waals surface area contributed by atoms with Gasteiger partial charge in [-0.25, -0.2) is 4.79 Å². The van der Waals surface area contributed by atoms with Crippen LogP contribution in [-0.2, 0) is 9.53 Å². The Labute approximate surface area is 58.3 Å². The lowest BCUT2D eigenvalue weighted by Crippen LogP contribution is -2.21. The number of hydrogen-bond acceptors (Lipinski definition) is 3. The molecule has 10 heavy (non-hydrogen) atoms. The molecule has 1 aliphatic carbocycles. The van der Waals surface area contributed by atoms with Crippen molar-refractivity contribution in [1.29, 1.82) is 0 Å². The number of allylic oxidation sites excluding steroid dienone is 1. The lowest BCUT2D eigenvalue weighted by atomic mass is 10.0. The highest BCUT2D eigenvalue weighted by Gasteiger charge is 2.43. The molecule has 3 nitrogen and oxygen atoms in total. The molecule has 3 atom stereocenters. The molecule has 1 fully saturated rings. The Morgan fingerprint density at radius 1 is 1.70 bits per heavy atom. The number of fused-ring (bicyclic) bond motifs is 1. The molecule has 2 rings (SSSR count). The largest absolute Gasteiger partial charge is 0.456 e. The Morgan fingerprint density at radius 3 is 3.20 bits per heavy atom. The summed E-state index contributed by atoms with van der Waals surface area (Å²) in [5.41, 5.74) is 0. The van der Waals surface area contributed by atoms with Gasteiger partial charge in [0.1, 0.15) is 6.10 Å². The molecule has 0 unspecified atom stereocenters. The highest BCUT2D eigenvalue weighted by molar-refractivity contribution is 5.77. The maximum Gasteiger partial charge on any atom is 0.336 e. The van der Waals surface area contributed by atoms with Gasteiger partial charge in [0.25, 0.3) is 0 Å². The summed E-state index contributed by atoms with van der Waals surface area (Å²) >= 11 is 0. The molecule has 54 valence electrons. The van der Waals surface area contributed by atoms with E-state index in [0.717, 1.165) is 6.42 Å². The van der Waals surface area contributed by atoms with Crippen LogP contribution in [0.1, 0.15) is 6.42 Å². The number of aliphatic hydroxyl groups is 1. The minimum atomic E-state index is -0.889. The highest BCUT2D eigenvalue weighted by atomic mass is 16.6. The zero-order valence-electron chi connectivity index (χ0n) is 5.36. The molecular weight excluding hydrogens is 132 g/mol. The molecule has 0 spiro atoms.